The van der Waals surface area contributed by atoms with Gasteiger partial charge >= 0.3 is 0 Å². The zero-order valence-corrected chi connectivity index (χ0v) is 12.1. The highest BCUT2D eigenvalue weighted by Gasteiger charge is 2.08. The fourth-order valence-corrected chi connectivity index (χ4v) is 1.98. The third-order valence-electron chi connectivity index (χ3n) is 3.09. The van der Waals surface area contributed by atoms with Gasteiger partial charge < -0.3 is 19.5 Å². The lowest BCUT2D eigenvalue weighted by Gasteiger charge is -2.13. The average molecular weight is 278 g/mol. The number of rotatable bonds is 5. The number of anilines is 2. The third-order valence-corrected chi connectivity index (χ3v) is 3.09. The molecule has 0 radical (unpaired) electrons. The first-order chi connectivity index (χ1) is 9.52. The quantitative estimate of drug-likeness (QED) is 0.911. The monoisotopic (exact) mass is 278 g/mol. The van der Waals surface area contributed by atoms with Gasteiger partial charge in [0.1, 0.15) is 0 Å². The van der Waals surface area contributed by atoms with E-state index in [2.05, 4.69) is 10.3 Å². The third kappa shape index (κ3) is 2.84. The van der Waals surface area contributed by atoms with E-state index in [4.69, 9.17) is 4.74 Å². The number of benzene rings is 1. The van der Waals surface area contributed by atoms with Crippen LogP contribution in [-0.4, -0.2) is 30.8 Å². The SMILES string of the molecule is COc1ccc(NCc2cnc(N(C)C)n2C)cc1F. The molecular weight excluding hydrogens is 259 g/mol. The molecule has 0 amide bonds. The van der Waals surface area contributed by atoms with Crippen molar-refractivity contribution in [3.8, 4) is 5.75 Å². The number of hydrogen-bond acceptors (Lipinski definition) is 4. The fourth-order valence-electron chi connectivity index (χ4n) is 1.98. The van der Waals surface area contributed by atoms with Gasteiger partial charge in [0.25, 0.3) is 0 Å². The van der Waals surface area contributed by atoms with Crippen LogP contribution in [0.25, 0.3) is 0 Å². The van der Waals surface area contributed by atoms with Crippen molar-refractivity contribution >= 4 is 11.6 Å². The molecule has 0 unspecified atom stereocenters. The van der Waals surface area contributed by atoms with Crippen LogP contribution in [0.2, 0.25) is 0 Å². The van der Waals surface area contributed by atoms with Crippen molar-refractivity contribution < 1.29 is 9.13 Å². The molecule has 0 spiro atoms. The highest BCUT2D eigenvalue weighted by Crippen LogP contribution is 2.21. The van der Waals surface area contributed by atoms with Gasteiger partial charge in [-0.1, -0.05) is 0 Å². The molecule has 1 aromatic heterocycles. The fraction of sp³-hybridized carbons (Fsp3) is 0.357. The van der Waals surface area contributed by atoms with Gasteiger partial charge in [-0.15, -0.1) is 0 Å². The molecule has 1 aromatic carbocycles. The van der Waals surface area contributed by atoms with Crippen molar-refractivity contribution in [2.45, 2.75) is 6.54 Å². The average Bonchev–Trinajstić information content (AvgIpc) is 2.78. The predicted octanol–water partition coefficient (Wildman–Crippen LogP) is 2.25. The summed E-state index contributed by atoms with van der Waals surface area (Å²) < 4.78 is 20.5. The van der Waals surface area contributed by atoms with Crippen LogP contribution in [0.3, 0.4) is 0 Å². The topological polar surface area (TPSA) is 42.3 Å². The summed E-state index contributed by atoms with van der Waals surface area (Å²) in [5.74, 6) is 0.741. The maximum atomic E-state index is 13.6. The van der Waals surface area contributed by atoms with Crippen LogP contribution in [0.15, 0.2) is 24.4 Å². The molecule has 0 bridgehead atoms. The minimum Gasteiger partial charge on any atom is -0.494 e. The van der Waals surface area contributed by atoms with E-state index in [0.717, 1.165) is 11.6 Å². The maximum absolute atomic E-state index is 13.6. The van der Waals surface area contributed by atoms with E-state index in [-0.39, 0.29) is 11.6 Å². The van der Waals surface area contributed by atoms with Gasteiger partial charge in [-0.2, -0.15) is 0 Å². The van der Waals surface area contributed by atoms with Gasteiger partial charge in [0, 0.05) is 32.9 Å². The molecule has 6 heteroatoms. The normalized spacial score (nSPS) is 10.4. The second-order valence-electron chi connectivity index (χ2n) is 4.71. The molecular formula is C14H19FN4O. The number of nitrogens with one attached hydrogen (secondary N) is 1. The highest BCUT2D eigenvalue weighted by atomic mass is 19.1. The Balaban J connectivity index is 2.07. The van der Waals surface area contributed by atoms with E-state index >= 15 is 0 Å². The van der Waals surface area contributed by atoms with E-state index in [1.165, 1.54) is 13.2 Å². The second-order valence-corrected chi connectivity index (χ2v) is 4.71. The molecule has 0 aliphatic rings. The lowest BCUT2D eigenvalue weighted by atomic mass is 10.3. The molecule has 5 nitrogen and oxygen atoms in total. The number of aromatic nitrogens is 2. The number of imidazole rings is 1. The largest absolute Gasteiger partial charge is 0.494 e. The minimum atomic E-state index is -0.378. The minimum absolute atomic E-state index is 0.242. The Hall–Kier alpha value is -2.24. The molecule has 0 fully saturated rings. The van der Waals surface area contributed by atoms with Crippen LogP contribution in [0, 0.1) is 5.82 Å². The van der Waals surface area contributed by atoms with Gasteiger partial charge in [-0.05, 0) is 12.1 Å². The first-order valence-electron chi connectivity index (χ1n) is 6.28. The van der Waals surface area contributed by atoms with Crippen LogP contribution in [0.1, 0.15) is 5.69 Å². The number of hydrogen-bond donors (Lipinski definition) is 1. The molecule has 1 N–H and O–H groups in total. The number of ether oxygens (including phenoxy) is 1. The molecule has 0 saturated heterocycles. The molecule has 2 aromatic rings. The Kier molecular flexibility index (Phi) is 4.12. The summed E-state index contributed by atoms with van der Waals surface area (Å²) in [6.07, 6.45) is 1.81. The van der Waals surface area contributed by atoms with Crippen molar-refractivity contribution in [1.82, 2.24) is 9.55 Å². The highest BCUT2D eigenvalue weighted by molar-refractivity contribution is 5.47. The van der Waals surface area contributed by atoms with E-state index in [1.807, 2.05) is 36.8 Å². The van der Waals surface area contributed by atoms with Crippen LogP contribution in [-0.2, 0) is 13.6 Å². The summed E-state index contributed by atoms with van der Waals surface area (Å²) in [4.78, 5) is 6.27. The van der Waals surface area contributed by atoms with Gasteiger partial charge in [0.15, 0.2) is 11.6 Å². The summed E-state index contributed by atoms with van der Waals surface area (Å²) in [6.45, 7) is 0.573. The number of nitrogens with zero attached hydrogens (tertiary/aromatic N) is 3. The summed E-state index contributed by atoms with van der Waals surface area (Å²) in [5.41, 5.74) is 1.72. The lowest BCUT2D eigenvalue weighted by molar-refractivity contribution is 0.386. The summed E-state index contributed by atoms with van der Waals surface area (Å²) >= 11 is 0. The van der Waals surface area contributed by atoms with E-state index < -0.39 is 0 Å². The zero-order chi connectivity index (χ0) is 14.7. The first kappa shape index (κ1) is 14.2. The molecule has 0 atom stereocenters. The second kappa shape index (κ2) is 5.81. The Morgan fingerprint density at radius 1 is 1.40 bits per heavy atom. The van der Waals surface area contributed by atoms with Crippen molar-refractivity contribution in [3.63, 3.8) is 0 Å². The Morgan fingerprint density at radius 3 is 2.70 bits per heavy atom. The Bertz CT molecular complexity index is 595. The summed E-state index contributed by atoms with van der Waals surface area (Å²) in [6, 6.07) is 4.80. The van der Waals surface area contributed by atoms with E-state index in [9.17, 15) is 4.39 Å². The van der Waals surface area contributed by atoms with Gasteiger partial charge in [-0.25, -0.2) is 9.37 Å². The lowest BCUT2D eigenvalue weighted by Crippen LogP contribution is -2.15. The number of methoxy groups -OCH3 is 1. The molecule has 0 aliphatic heterocycles. The van der Waals surface area contributed by atoms with Crippen LogP contribution in [0.5, 0.6) is 5.75 Å². The van der Waals surface area contributed by atoms with Gasteiger partial charge in [0.05, 0.1) is 25.5 Å². The van der Waals surface area contributed by atoms with Gasteiger partial charge in [-0.3, -0.25) is 0 Å². The predicted molar refractivity (Wildman–Crippen MR) is 77.8 cm³/mol. The van der Waals surface area contributed by atoms with Crippen LogP contribution < -0.4 is 15.0 Å². The van der Waals surface area contributed by atoms with Crippen molar-refractivity contribution in [2.24, 2.45) is 7.05 Å². The Morgan fingerprint density at radius 2 is 2.15 bits per heavy atom. The van der Waals surface area contributed by atoms with E-state index in [1.54, 1.807) is 12.1 Å². The summed E-state index contributed by atoms with van der Waals surface area (Å²) in [7, 11) is 7.29. The molecule has 0 saturated carbocycles. The van der Waals surface area contributed by atoms with Crippen molar-refractivity contribution in [1.29, 1.82) is 0 Å². The smallest absolute Gasteiger partial charge is 0.204 e. The molecule has 0 aliphatic carbocycles. The standard InChI is InChI=1S/C14H19FN4O/c1-18(2)14-17-9-11(19(14)3)8-16-10-5-6-13(20-4)12(15)7-10/h5-7,9,16H,8H2,1-4H3. The van der Waals surface area contributed by atoms with Crippen LogP contribution >= 0.6 is 0 Å². The Labute approximate surface area is 118 Å². The first-order valence-corrected chi connectivity index (χ1v) is 6.28. The maximum Gasteiger partial charge on any atom is 0.204 e. The van der Waals surface area contributed by atoms with Crippen molar-refractivity contribution in [3.05, 3.63) is 35.9 Å². The van der Waals surface area contributed by atoms with Crippen molar-refractivity contribution in [2.75, 3.05) is 31.4 Å². The summed E-state index contributed by atoms with van der Waals surface area (Å²) in [5, 5.41) is 3.17. The molecule has 2 rings (SSSR count). The van der Waals surface area contributed by atoms with Crippen LogP contribution in [0.4, 0.5) is 16.0 Å². The molecule has 1 heterocycles. The van der Waals surface area contributed by atoms with E-state index in [0.29, 0.717) is 12.2 Å². The molecule has 108 valence electrons. The van der Waals surface area contributed by atoms with Gasteiger partial charge in [0.2, 0.25) is 5.95 Å². The molecule has 20 heavy (non-hydrogen) atoms. The number of halogens is 1. The zero-order valence-electron chi connectivity index (χ0n) is 12.1.